The molecule has 1 aromatic carbocycles. The summed E-state index contributed by atoms with van der Waals surface area (Å²) in [5, 5.41) is 5.37. The zero-order chi connectivity index (χ0) is 16.5. The molecule has 1 rings (SSSR count). The van der Waals surface area contributed by atoms with Crippen LogP contribution in [0.3, 0.4) is 0 Å². The number of nitrogens with zero attached hydrogens (tertiary/aromatic N) is 1. The molecule has 22 heavy (non-hydrogen) atoms. The van der Waals surface area contributed by atoms with E-state index in [1.54, 1.807) is 29.2 Å². The number of amides is 3. The van der Waals surface area contributed by atoms with Gasteiger partial charge < -0.3 is 21.3 Å². The molecular weight excluding hydrogens is 284 g/mol. The third kappa shape index (κ3) is 5.53. The highest BCUT2D eigenvalue weighted by molar-refractivity contribution is 5.95. The molecule has 0 radical (unpaired) electrons. The second kappa shape index (κ2) is 8.78. The monoisotopic (exact) mass is 306 g/mol. The average Bonchev–Trinajstić information content (AvgIpc) is 2.50. The summed E-state index contributed by atoms with van der Waals surface area (Å²) in [6.45, 7) is 4.57. The molecule has 3 amide bonds. The summed E-state index contributed by atoms with van der Waals surface area (Å²) in [5.41, 5.74) is 6.43. The van der Waals surface area contributed by atoms with Crippen molar-refractivity contribution in [3.8, 4) is 0 Å². The van der Waals surface area contributed by atoms with Gasteiger partial charge in [0.2, 0.25) is 11.8 Å². The Kier molecular flexibility index (Phi) is 7.04. The van der Waals surface area contributed by atoms with E-state index in [0.717, 1.165) is 0 Å². The summed E-state index contributed by atoms with van der Waals surface area (Å²) >= 11 is 0. The fourth-order valence-corrected chi connectivity index (χ4v) is 1.90. The molecule has 0 aliphatic carbocycles. The molecular formula is C15H22N4O3. The third-order valence-electron chi connectivity index (χ3n) is 3.04. The smallest absolute Gasteiger partial charge is 0.251 e. The lowest BCUT2D eigenvalue weighted by Crippen LogP contribution is -2.41. The Balaban J connectivity index is 2.48. The minimum absolute atomic E-state index is 0.0353. The van der Waals surface area contributed by atoms with Crippen molar-refractivity contribution >= 4 is 23.4 Å². The van der Waals surface area contributed by atoms with E-state index in [9.17, 15) is 14.4 Å². The van der Waals surface area contributed by atoms with Crippen molar-refractivity contribution in [2.45, 2.75) is 13.8 Å². The van der Waals surface area contributed by atoms with Gasteiger partial charge in [-0.15, -0.1) is 0 Å². The van der Waals surface area contributed by atoms with Crippen LogP contribution in [0.4, 0.5) is 5.69 Å². The second-order valence-electron chi connectivity index (χ2n) is 4.69. The fraction of sp³-hybridized carbons (Fsp3) is 0.400. The van der Waals surface area contributed by atoms with E-state index in [1.165, 1.54) is 6.92 Å². The van der Waals surface area contributed by atoms with Gasteiger partial charge in [0.25, 0.3) is 5.91 Å². The standard InChI is InChI=1S/C15H22N4O3/c1-3-19(14(21)10-16)9-8-17-15(22)12-4-6-13(7-5-12)18-11(2)20/h4-7H,3,8-10,16H2,1-2H3,(H,17,22)(H,18,20). The van der Waals surface area contributed by atoms with Crippen LogP contribution < -0.4 is 16.4 Å². The Morgan fingerprint density at radius 2 is 1.82 bits per heavy atom. The maximum Gasteiger partial charge on any atom is 0.251 e. The zero-order valence-electron chi connectivity index (χ0n) is 12.9. The molecule has 0 unspecified atom stereocenters. The van der Waals surface area contributed by atoms with Gasteiger partial charge in [-0.2, -0.15) is 0 Å². The van der Waals surface area contributed by atoms with E-state index in [2.05, 4.69) is 10.6 Å². The summed E-state index contributed by atoms with van der Waals surface area (Å²) in [6.07, 6.45) is 0. The second-order valence-corrected chi connectivity index (χ2v) is 4.69. The number of likely N-dealkylation sites (N-methyl/N-ethyl adjacent to an activating group) is 1. The van der Waals surface area contributed by atoms with Crippen molar-refractivity contribution in [3.05, 3.63) is 29.8 Å². The maximum atomic E-state index is 12.0. The number of anilines is 1. The molecule has 7 heteroatoms. The Bertz CT molecular complexity index is 528. The summed E-state index contributed by atoms with van der Waals surface area (Å²) < 4.78 is 0. The number of hydrogen-bond donors (Lipinski definition) is 3. The normalized spacial score (nSPS) is 9.95. The van der Waals surface area contributed by atoms with Gasteiger partial charge in [0.1, 0.15) is 0 Å². The largest absolute Gasteiger partial charge is 0.350 e. The lowest BCUT2D eigenvalue weighted by atomic mass is 10.2. The van der Waals surface area contributed by atoms with Crippen molar-refractivity contribution in [3.63, 3.8) is 0 Å². The van der Waals surface area contributed by atoms with Crippen LogP contribution in [0.5, 0.6) is 0 Å². The van der Waals surface area contributed by atoms with Gasteiger partial charge in [0.15, 0.2) is 0 Å². The first-order chi connectivity index (χ1) is 10.5. The number of hydrogen-bond acceptors (Lipinski definition) is 4. The zero-order valence-corrected chi connectivity index (χ0v) is 12.9. The highest BCUT2D eigenvalue weighted by Crippen LogP contribution is 2.09. The number of nitrogens with one attached hydrogen (secondary N) is 2. The summed E-state index contributed by atoms with van der Waals surface area (Å²) in [4.78, 5) is 35.9. The van der Waals surface area contributed by atoms with Gasteiger partial charge in [0, 0.05) is 37.8 Å². The van der Waals surface area contributed by atoms with Gasteiger partial charge in [-0.1, -0.05) is 0 Å². The number of carbonyl (C=O) groups excluding carboxylic acids is 3. The van der Waals surface area contributed by atoms with Gasteiger partial charge in [-0.05, 0) is 31.2 Å². The Morgan fingerprint density at radius 3 is 2.32 bits per heavy atom. The first kappa shape index (κ1) is 17.6. The van der Waals surface area contributed by atoms with E-state index >= 15 is 0 Å². The molecule has 0 aliphatic heterocycles. The summed E-state index contributed by atoms with van der Waals surface area (Å²) in [6, 6.07) is 6.58. The molecule has 0 bridgehead atoms. The van der Waals surface area contributed by atoms with Crippen molar-refractivity contribution in [1.82, 2.24) is 10.2 Å². The third-order valence-corrected chi connectivity index (χ3v) is 3.04. The SMILES string of the molecule is CCN(CCNC(=O)c1ccc(NC(C)=O)cc1)C(=O)CN. The predicted molar refractivity (Wildman–Crippen MR) is 84.4 cm³/mol. The molecule has 0 saturated heterocycles. The van der Waals surface area contributed by atoms with E-state index in [1.807, 2.05) is 6.92 Å². The van der Waals surface area contributed by atoms with Crippen LogP contribution in [-0.4, -0.2) is 48.8 Å². The van der Waals surface area contributed by atoms with Crippen molar-refractivity contribution in [1.29, 1.82) is 0 Å². The van der Waals surface area contributed by atoms with E-state index in [-0.39, 0.29) is 24.3 Å². The molecule has 0 atom stereocenters. The van der Waals surface area contributed by atoms with Crippen LogP contribution in [0.1, 0.15) is 24.2 Å². The van der Waals surface area contributed by atoms with Crippen LogP contribution >= 0.6 is 0 Å². The topological polar surface area (TPSA) is 105 Å². The lowest BCUT2D eigenvalue weighted by Gasteiger charge is -2.20. The molecule has 0 aromatic heterocycles. The number of rotatable bonds is 7. The van der Waals surface area contributed by atoms with Crippen LogP contribution in [-0.2, 0) is 9.59 Å². The van der Waals surface area contributed by atoms with Crippen molar-refractivity contribution < 1.29 is 14.4 Å². The molecule has 0 spiro atoms. The Morgan fingerprint density at radius 1 is 1.18 bits per heavy atom. The van der Waals surface area contributed by atoms with E-state index in [4.69, 9.17) is 5.73 Å². The number of carbonyl (C=O) groups is 3. The van der Waals surface area contributed by atoms with Crippen LogP contribution in [0.15, 0.2) is 24.3 Å². The molecule has 0 saturated carbocycles. The fourth-order valence-electron chi connectivity index (χ4n) is 1.90. The molecule has 0 fully saturated rings. The first-order valence-electron chi connectivity index (χ1n) is 7.11. The van der Waals surface area contributed by atoms with Crippen LogP contribution in [0, 0.1) is 0 Å². The number of benzene rings is 1. The summed E-state index contributed by atoms with van der Waals surface area (Å²) in [7, 11) is 0. The van der Waals surface area contributed by atoms with Gasteiger partial charge in [-0.3, -0.25) is 14.4 Å². The van der Waals surface area contributed by atoms with Crippen molar-refractivity contribution in [2.24, 2.45) is 5.73 Å². The highest BCUT2D eigenvalue weighted by atomic mass is 16.2. The highest BCUT2D eigenvalue weighted by Gasteiger charge is 2.10. The van der Waals surface area contributed by atoms with Crippen LogP contribution in [0.25, 0.3) is 0 Å². The van der Waals surface area contributed by atoms with E-state index in [0.29, 0.717) is 30.9 Å². The quantitative estimate of drug-likeness (QED) is 0.668. The van der Waals surface area contributed by atoms with Crippen LogP contribution in [0.2, 0.25) is 0 Å². The van der Waals surface area contributed by atoms with Gasteiger partial charge in [0.05, 0.1) is 6.54 Å². The first-order valence-corrected chi connectivity index (χ1v) is 7.11. The molecule has 0 aliphatic rings. The number of nitrogens with two attached hydrogens (primary N) is 1. The Labute approximate surface area is 129 Å². The van der Waals surface area contributed by atoms with Crippen molar-refractivity contribution in [2.75, 3.05) is 31.5 Å². The molecule has 7 nitrogen and oxygen atoms in total. The predicted octanol–water partition coefficient (Wildman–Crippen LogP) is 0.182. The molecule has 120 valence electrons. The lowest BCUT2D eigenvalue weighted by molar-refractivity contribution is -0.129. The van der Waals surface area contributed by atoms with E-state index < -0.39 is 0 Å². The van der Waals surface area contributed by atoms with Gasteiger partial charge in [-0.25, -0.2) is 0 Å². The molecule has 4 N–H and O–H groups in total. The van der Waals surface area contributed by atoms with Gasteiger partial charge >= 0.3 is 0 Å². The Hall–Kier alpha value is -2.41. The molecule has 1 aromatic rings. The molecule has 0 heterocycles. The summed E-state index contributed by atoms with van der Waals surface area (Å²) in [5.74, 6) is -0.538. The minimum atomic E-state index is -0.231. The maximum absolute atomic E-state index is 12.0. The average molecular weight is 306 g/mol. The minimum Gasteiger partial charge on any atom is -0.350 e.